The molecule has 1 N–H and O–H groups in total. The number of carbonyl (C=O) groups excluding carboxylic acids is 2. The van der Waals surface area contributed by atoms with Crippen LogP contribution in [0.2, 0.25) is 0 Å². The van der Waals surface area contributed by atoms with E-state index in [0.717, 1.165) is 0 Å². The van der Waals surface area contributed by atoms with Crippen LogP contribution < -0.4 is 0 Å². The molecule has 0 bridgehead atoms. The number of benzene rings is 1. The van der Waals surface area contributed by atoms with E-state index < -0.39 is 47.6 Å². The summed E-state index contributed by atoms with van der Waals surface area (Å²) >= 11 is 0. The van der Waals surface area contributed by atoms with Gasteiger partial charge in [-0.1, -0.05) is 30.3 Å². The fraction of sp³-hybridized carbons (Fsp3) is 0.526. The van der Waals surface area contributed by atoms with Crippen molar-refractivity contribution in [1.82, 2.24) is 0 Å². The van der Waals surface area contributed by atoms with Gasteiger partial charge in [-0.25, -0.2) is 14.4 Å². The summed E-state index contributed by atoms with van der Waals surface area (Å²) in [6.07, 6.45) is -4.34. The summed E-state index contributed by atoms with van der Waals surface area (Å²) in [5, 5.41) is 9.41. The van der Waals surface area contributed by atoms with Crippen LogP contribution in [0.15, 0.2) is 30.3 Å². The Morgan fingerprint density at radius 3 is 2.04 bits per heavy atom. The fourth-order valence-electron chi connectivity index (χ4n) is 2.54. The lowest BCUT2D eigenvalue weighted by atomic mass is 10.1. The molecule has 0 saturated carbocycles. The Morgan fingerprint density at radius 2 is 1.56 bits per heavy atom. The second-order valence-corrected chi connectivity index (χ2v) is 7.58. The molecule has 1 fully saturated rings. The van der Waals surface area contributed by atoms with Gasteiger partial charge in [-0.2, -0.15) is 0 Å². The van der Waals surface area contributed by atoms with Gasteiger partial charge in [0.05, 0.1) is 0 Å². The molecular formula is C19H24O8. The van der Waals surface area contributed by atoms with Crippen LogP contribution in [0.5, 0.6) is 0 Å². The molecule has 8 nitrogen and oxygen atoms in total. The summed E-state index contributed by atoms with van der Waals surface area (Å²) in [5.74, 6) is -4.40. The Morgan fingerprint density at radius 1 is 1.04 bits per heavy atom. The van der Waals surface area contributed by atoms with E-state index in [9.17, 15) is 19.5 Å². The van der Waals surface area contributed by atoms with Gasteiger partial charge >= 0.3 is 17.9 Å². The van der Waals surface area contributed by atoms with Crippen LogP contribution in [0.4, 0.5) is 0 Å². The average molecular weight is 380 g/mol. The summed E-state index contributed by atoms with van der Waals surface area (Å²) in [7, 11) is 0. The maximum Gasteiger partial charge on any atom is 0.349 e. The van der Waals surface area contributed by atoms with Crippen molar-refractivity contribution in [2.45, 2.75) is 64.3 Å². The maximum absolute atomic E-state index is 12.6. The Labute approximate surface area is 157 Å². The molecule has 1 aliphatic rings. The number of rotatable bonds is 5. The highest BCUT2D eigenvalue weighted by atomic mass is 16.8. The van der Waals surface area contributed by atoms with Crippen molar-refractivity contribution in [1.29, 1.82) is 0 Å². The second kappa shape index (κ2) is 7.66. The smallest absolute Gasteiger partial charge is 0.349 e. The first kappa shape index (κ1) is 20.9. The summed E-state index contributed by atoms with van der Waals surface area (Å²) in [6, 6.07) is 8.00. The normalized spacial score (nSPS) is 22.7. The average Bonchev–Trinajstić information content (AvgIpc) is 2.87. The van der Waals surface area contributed by atoms with Crippen LogP contribution >= 0.6 is 0 Å². The van der Waals surface area contributed by atoms with Crippen molar-refractivity contribution < 1.29 is 38.4 Å². The van der Waals surface area contributed by atoms with E-state index in [0.29, 0.717) is 0 Å². The van der Waals surface area contributed by atoms with Gasteiger partial charge < -0.3 is 24.1 Å². The zero-order valence-corrected chi connectivity index (χ0v) is 15.9. The fourth-order valence-corrected chi connectivity index (χ4v) is 2.54. The molecule has 27 heavy (non-hydrogen) atoms. The summed E-state index contributed by atoms with van der Waals surface area (Å²) < 4.78 is 21.4. The molecule has 0 spiro atoms. The van der Waals surface area contributed by atoms with Crippen LogP contribution in [0.1, 0.15) is 46.3 Å². The van der Waals surface area contributed by atoms with Crippen LogP contribution in [0.25, 0.3) is 0 Å². The number of carbonyl (C=O) groups is 3. The summed E-state index contributed by atoms with van der Waals surface area (Å²) in [6.45, 7) is 8.09. The lowest BCUT2D eigenvalue weighted by Crippen LogP contribution is -2.42. The van der Waals surface area contributed by atoms with E-state index in [-0.39, 0.29) is 5.56 Å². The highest BCUT2D eigenvalue weighted by Crippen LogP contribution is 2.32. The van der Waals surface area contributed by atoms with Crippen molar-refractivity contribution >= 4 is 17.9 Å². The van der Waals surface area contributed by atoms with Gasteiger partial charge in [0.1, 0.15) is 5.60 Å². The number of hydrogen-bond donors (Lipinski definition) is 1. The minimum atomic E-state index is -1.54. The Hall–Kier alpha value is -2.45. The lowest BCUT2D eigenvalue weighted by molar-refractivity contribution is -0.181. The second-order valence-electron chi connectivity index (χ2n) is 7.58. The largest absolute Gasteiger partial charge is 0.478 e. The van der Waals surface area contributed by atoms with E-state index in [1.807, 2.05) is 0 Å². The molecule has 1 heterocycles. The molecule has 0 amide bonds. The van der Waals surface area contributed by atoms with Gasteiger partial charge in [-0.3, -0.25) is 0 Å². The third-order valence-electron chi connectivity index (χ3n) is 3.53. The van der Waals surface area contributed by atoms with Crippen LogP contribution in [0, 0.1) is 0 Å². The van der Waals surface area contributed by atoms with E-state index in [1.54, 1.807) is 39.0 Å². The van der Waals surface area contributed by atoms with Gasteiger partial charge in [0, 0.05) is 5.56 Å². The van der Waals surface area contributed by atoms with Gasteiger partial charge in [-0.15, -0.1) is 0 Å². The predicted molar refractivity (Wildman–Crippen MR) is 92.6 cm³/mol. The van der Waals surface area contributed by atoms with E-state index in [1.165, 1.54) is 26.0 Å². The van der Waals surface area contributed by atoms with Crippen molar-refractivity contribution in [2.75, 3.05) is 0 Å². The monoisotopic (exact) mass is 380 g/mol. The molecule has 1 aliphatic heterocycles. The van der Waals surface area contributed by atoms with Crippen LogP contribution in [0.3, 0.4) is 0 Å². The highest BCUT2D eigenvalue weighted by molar-refractivity contribution is 5.88. The number of aliphatic carboxylic acids is 1. The Kier molecular flexibility index (Phi) is 5.91. The predicted octanol–water partition coefficient (Wildman–Crippen LogP) is 2.22. The lowest BCUT2D eigenvalue weighted by Gasteiger charge is -2.23. The van der Waals surface area contributed by atoms with Crippen LogP contribution in [-0.4, -0.2) is 46.6 Å². The zero-order chi connectivity index (χ0) is 20.4. The molecule has 8 heteroatoms. The van der Waals surface area contributed by atoms with E-state index >= 15 is 0 Å². The number of esters is 2. The maximum atomic E-state index is 12.6. The molecule has 3 atom stereocenters. The quantitative estimate of drug-likeness (QED) is 0.775. The molecule has 1 saturated heterocycles. The Bertz CT molecular complexity index is 704. The number of hydrogen-bond acceptors (Lipinski definition) is 7. The first-order chi connectivity index (χ1) is 12.4. The molecule has 0 aliphatic carbocycles. The Balaban J connectivity index is 2.21. The third kappa shape index (κ3) is 5.51. The van der Waals surface area contributed by atoms with Crippen molar-refractivity contribution in [3.63, 3.8) is 0 Å². The minimum Gasteiger partial charge on any atom is -0.478 e. The third-order valence-corrected chi connectivity index (χ3v) is 3.53. The number of carboxylic acid groups (broad SMARTS) is 1. The zero-order valence-electron chi connectivity index (χ0n) is 15.9. The SMILES string of the molecule is CC(C)(C)OC(=O)[C@@H]1OC(C)(C)O[C@H]1C(=O)OC(C(=O)O)c1ccccc1. The molecule has 0 aromatic heterocycles. The topological polar surface area (TPSA) is 108 Å². The standard InChI is InChI=1S/C19H24O8/c1-18(2,3)27-17(23)14-13(25-19(4,5)26-14)16(22)24-12(15(20)21)11-9-7-6-8-10-11/h6-10,12-14H,1-5H3,(H,20,21)/t12?,13-,14-/m1/s1. The molecule has 1 unspecified atom stereocenters. The molecule has 1 aromatic carbocycles. The number of carboxylic acids is 1. The highest BCUT2D eigenvalue weighted by Gasteiger charge is 2.52. The van der Waals surface area contributed by atoms with Crippen molar-refractivity contribution in [3.8, 4) is 0 Å². The number of ether oxygens (including phenoxy) is 4. The first-order valence-corrected chi connectivity index (χ1v) is 8.46. The molecular weight excluding hydrogens is 356 g/mol. The summed E-state index contributed by atoms with van der Waals surface area (Å²) in [4.78, 5) is 36.5. The summed E-state index contributed by atoms with van der Waals surface area (Å²) in [5.41, 5.74) is -0.514. The molecule has 1 aromatic rings. The first-order valence-electron chi connectivity index (χ1n) is 8.46. The molecule has 2 rings (SSSR count). The van der Waals surface area contributed by atoms with Crippen LogP contribution in [-0.2, 0) is 33.3 Å². The van der Waals surface area contributed by atoms with Gasteiger partial charge in [-0.05, 0) is 34.6 Å². The van der Waals surface area contributed by atoms with Gasteiger partial charge in [0.2, 0.25) is 6.10 Å². The van der Waals surface area contributed by atoms with Gasteiger partial charge in [0.25, 0.3) is 0 Å². The van der Waals surface area contributed by atoms with Gasteiger partial charge in [0.15, 0.2) is 18.0 Å². The van der Waals surface area contributed by atoms with E-state index in [2.05, 4.69) is 0 Å². The molecule has 148 valence electrons. The van der Waals surface area contributed by atoms with Crippen molar-refractivity contribution in [3.05, 3.63) is 35.9 Å². The van der Waals surface area contributed by atoms with E-state index in [4.69, 9.17) is 18.9 Å². The molecule has 0 radical (unpaired) electrons. The minimum absolute atomic E-state index is 0.283. The van der Waals surface area contributed by atoms with Crippen molar-refractivity contribution in [2.24, 2.45) is 0 Å².